The Balaban J connectivity index is 2.48. The van der Waals surface area contributed by atoms with Gasteiger partial charge in [-0.3, -0.25) is 4.90 Å². The van der Waals surface area contributed by atoms with Crippen LogP contribution < -0.4 is 5.32 Å². The fourth-order valence-corrected chi connectivity index (χ4v) is 2.94. The molecule has 0 aromatic rings. The Morgan fingerprint density at radius 1 is 1.24 bits per heavy atom. The van der Waals surface area contributed by atoms with Gasteiger partial charge in [0.25, 0.3) is 0 Å². The number of nitrogens with zero attached hydrogens (tertiary/aromatic N) is 1. The van der Waals surface area contributed by atoms with E-state index in [9.17, 15) is 0 Å². The number of hydrogen-bond donors (Lipinski definition) is 1. The lowest BCUT2D eigenvalue weighted by molar-refractivity contribution is 0.143. The molecule has 1 aliphatic rings. The zero-order valence-corrected chi connectivity index (χ0v) is 12.4. The molecule has 0 saturated heterocycles. The van der Waals surface area contributed by atoms with Crippen molar-refractivity contribution in [2.75, 3.05) is 26.7 Å². The molecule has 102 valence electrons. The van der Waals surface area contributed by atoms with Crippen LogP contribution in [0.1, 0.15) is 59.3 Å². The van der Waals surface area contributed by atoms with Crippen LogP contribution in [0.5, 0.6) is 0 Å². The average molecular weight is 240 g/mol. The number of unbranched alkanes of at least 4 members (excludes halogenated alkanes) is 1. The monoisotopic (exact) mass is 240 g/mol. The van der Waals surface area contributed by atoms with Crippen LogP contribution in [-0.4, -0.2) is 37.6 Å². The highest BCUT2D eigenvalue weighted by Crippen LogP contribution is 2.32. The van der Waals surface area contributed by atoms with Crippen molar-refractivity contribution < 1.29 is 0 Å². The van der Waals surface area contributed by atoms with Gasteiger partial charge in [0.2, 0.25) is 0 Å². The van der Waals surface area contributed by atoms with E-state index in [0.717, 1.165) is 12.6 Å². The molecule has 0 aromatic carbocycles. The van der Waals surface area contributed by atoms with Crippen LogP contribution >= 0.6 is 0 Å². The first kappa shape index (κ1) is 15.0. The van der Waals surface area contributed by atoms with Crippen LogP contribution in [0.15, 0.2) is 0 Å². The largest absolute Gasteiger partial charge is 0.319 e. The summed E-state index contributed by atoms with van der Waals surface area (Å²) in [6.45, 7) is 10.8. The van der Waals surface area contributed by atoms with Gasteiger partial charge in [0.1, 0.15) is 0 Å². The van der Waals surface area contributed by atoms with Gasteiger partial charge in [-0.1, -0.05) is 33.6 Å². The lowest BCUT2D eigenvalue weighted by Gasteiger charge is -2.36. The molecule has 2 nitrogen and oxygen atoms in total. The average Bonchev–Trinajstić information content (AvgIpc) is 3.08. The van der Waals surface area contributed by atoms with Crippen LogP contribution in [0.4, 0.5) is 0 Å². The third kappa shape index (κ3) is 5.39. The van der Waals surface area contributed by atoms with E-state index in [0.29, 0.717) is 5.41 Å². The quantitative estimate of drug-likeness (QED) is 0.630. The third-order valence-electron chi connectivity index (χ3n) is 3.90. The lowest BCUT2D eigenvalue weighted by atomic mass is 9.84. The third-order valence-corrected chi connectivity index (χ3v) is 3.90. The minimum Gasteiger partial charge on any atom is -0.319 e. The van der Waals surface area contributed by atoms with Gasteiger partial charge >= 0.3 is 0 Å². The molecule has 1 saturated carbocycles. The number of hydrogen-bond acceptors (Lipinski definition) is 2. The second-order valence-corrected chi connectivity index (χ2v) is 6.15. The fourth-order valence-electron chi connectivity index (χ4n) is 2.94. The van der Waals surface area contributed by atoms with Gasteiger partial charge in [0, 0.05) is 19.1 Å². The Labute approximate surface area is 108 Å². The summed E-state index contributed by atoms with van der Waals surface area (Å²) < 4.78 is 0. The molecule has 0 aromatic heterocycles. The Morgan fingerprint density at radius 3 is 2.41 bits per heavy atom. The summed E-state index contributed by atoms with van der Waals surface area (Å²) in [5, 5.41) is 3.39. The van der Waals surface area contributed by atoms with Crippen LogP contribution in [0, 0.1) is 5.41 Å². The molecule has 1 unspecified atom stereocenters. The molecule has 2 heteroatoms. The maximum atomic E-state index is 3.39. The number of rotatable bonds is 10. The second kappa shape index (κ2) is 7.38. The van der Waals surface area contributed by atoms with E-state index in [4.69, 9.17) is 0 Å². The summed E-state index contributed by atoms with van der Waals surface area (Å²) >= 11 is 0. The smallest absolute Gasteiger partial charge is 0.00966 e. The summed E-state index contributed by atoms with van der Waals surface area (Å²) in [5.74, 6) is 0. The van der Waals surface area contributed by atoms with Crippen LogP contribution in [-0.2, 0) is 0 Å². The van der Waals surface area contributed by atoms with Crippen molar-refractivity contribution in [3.8, 4) is 0 Å². The molecular weight excluding hydrogens is 208 g/mol. The maximum Gasteiger partial charge on any atom is 0.00966 e. The summed E-state index contributed by atoms with van der Waals surface area (Å²) in [5.41, 5.74) is 0.458. The minimum atomic E-state index is 0.458. The van der Waals surface area contributed by atoms with E-state index in [1.54, 1.807) is 0 Å². The first-order valence-corrected chi connectivity index (χ1v) is 7.54. The van der Waals surface area contributed by atoms with Gasteiger partial charge in [-0.15, -0.1) is 0 Å². The maximum absolute atomic E-state index is 3.39. The van der Waals surface area contributed by atoms with Gasteiger partial charge in [-0.2, -0.15) is 0 Å². The molecule has 1 rings (SSSR count). The molecule has 1 N–H and O–H groups in total. The summed E-state index contributed by atoms with van der Waals surface area (Å²) in [6, 6.07) is 0.912. The van der Waals surface area contributed by atoms with Crippen LogP contribution in [0.3, 0.4) is 0 Å². The number of nitrogens with one attached hydrogen (secondary N) is 1. The van der Waals surface area contributed by atoms with E-state index >= 15 is 0 Å². The first-order valence-electron chi connectivity index (χ1n) is 7.54. The molecule has 1 atom stereocenters. The minimum absolute atomic E-state index is 0.458. The van der Waals surface area contributed by atoms with Crippen LogP contribution in [0.2, 0.25) is 0 Å². The van der Waals surface area contributed by atoms with Gasteiger partial charge < -0.3 is 5.32 Å². The van der Waals surface area contributed by atoms with Crippen molar-refractivity contribution in [1.82, 2.24) is 10.2 Å². The van der Waals surface area contributed by atoms with E-state index in [-0.39, 0.29) is 0 Å². The molecule has 1 fully saturated rings. The Hall–Kier alpha value is -0.0800. The molecule has 0 radical (unpaired) electrons. The zero-order valence-electron chi connectivity index (χ0n) is 12.4. The second-order valence-electron chi connectivity index (χ2n) is 6.15. The molecule has 0 bridgehead atoms. The summed E-state index contributed by atoms with van der Waals surface area (Å²) in [7, 11) is 2.08. The van der Waals surface area contributed by atoms with Crippen molar-refractivity contribution in [3.63, 3.8) is 0 Å². The fraction of sp³-hybridized carbons (Fsp3) is 1.00. The van der Waals surface area contributed by atoms with E-state index in [1.807, 2.05) is 0 Å². The first-order chi connectivity index (χ1) is 8.15. The molecular formula is C15H32N2. The van der Waals surface area contributed by atoms with E-state index in [1.165, 1.54) is 51.6 Å². The Morgan fingerprint density at radius 2 is 1.94 bits per heavy atom. The lowest BCUT2D eigenvalue weighted by Crippen LogP contribution is -2.43. The van der Waals surface area contributed by atoms with Gasteiger partial charge in [0.15, 0.2) is 0 Å². The molecule has 0 amide bonds. The molecule has 0 aliphatic heterocycles. The highest BCUT2D eigenvalue weighted by atomic mass is 15.2. The van der Waals surface area contributed by atoms with Gasteiger partial charge in [-0.25, -0.2) is 0 Å². The van der Waals surface area contributed by atoms with Crippen molar-refractivity contribution >= 4 is 0 Å². The highest BCUT2D eigenvalue weighted by Gasteiger charge is 2.33. The van der Waals surface area contributed by atoms with Crippen molar-refractivity contribution in [2.45, 2.75) is 65.3 Å². The predicted octanol–water partition coefficient (Wildman–Crippen LogP) is 3.28. The van der Waals surface area contributed by atoms with E-state index in [2.05, 4.69) is 38.0 Å². The van der Waals surface area contributed by atoms with Crippen molar-refractivity contribution in [1.29, 1.82) is 0 Å². The summed E-state index contributed by atoms with van der Waals surface area (Å²) in [6.07, 6.45) is 8.18. The van der Waals surface area contributed by atoms with Crippen molar-refractivity contribution in [3.05, 3.63) is 0 Å². The predicted molar refractivity (Wildman–Crippen MR) is 76.4 cm³/mol. The molecule has 0 spiro atoms. The summed E-state index contributed by atoms with van der Waals surface area (Å²) in [4.78, 5) is 2.76. The highest BCUT2D eigenvalue weighted by molar-refractivity contribution is 4.89. The van der Waals surface area contributed by atoms with Gasteiger partial charge in [-0.05, 0) is 44.7 Å². The van der Waals surface area contributed by atoms with E-state index < -0.39 is 0 Å². The van der Waals surface area contributed by atoms with Gasteiger partial charge in [0.05, 0.1) is 0 Å². The molecule has 0 heterocycles. The zero-order chi connectivity index (χ0) is 12.7. The molecule has 1 aliphatic carbocycles. The van der Waals surface area contributed by atoms with Crippen molar-refractivity contribution in [2.24, 2.45) is 5.41 Å². The Kier molecular flexibility index (Phi) is 6.50. The Bertz CT molecular complexity index is 193. The SMILES string of the molecule is CCCCN(CC(C)(CCC)CNC)C1CC1. The standard InChI is InChI=1S/C15H32N2/c1-5-7-11-17(14-8-9-14)13-15(3,10-6-2)12-16-4/h14,16H,5-13H2,1-4H3. The normalized spacial score (nSPS) is 19.6. The van der Waals surface area contributed by atoms with Crippen LogP contribution in [0.25, 0.3) is 0 Å². The molecule has 17 heavy (non-hydrogen) atoms. The topological polar surface area (TPSA) is 15.3 Å².